The van der Waals surface area contributed by atoms with E-state index in [9.17, 15) is 0 Å². The van der Waals surface area contributed by atoms with Crippen molar-refractivity contribution in [3.63, 3.8) is 0 Å². The number of nitrogens with zero attached hydrogens (tertiary/aromatic N) is 3. The van der Waals surface area contributed by atoms with E-state index in [2.05, 4.69) is 47.9 Å². The maximum Gasteiger partial charge on any atom is 0.137 e. The zero-order valence-corrected chi connectivity index (χ0v) is 12.7. The van der Waals surface area contributed by atoms with Crippen molar-refractivity contribution in [3.8, 4) is 0 Å². The molecule has 1 N–H and O–H groups in total. The maximum absolute atomic E-state index is 4.49. The van der Waals surface area contributed by atoms with Gasteiger partial charge in [0.25, 0.3) is 0 Å². The highest BCUT2D eigenvalue weighted by atomic mass is 15.2. The van der Waals surface area contributed by atoms with E-state index < -0.39 is 0 Å². The number of piperidine rings is 1. The molecule has 0 bridgehead atoms. The molecule has 0 amide bonds. The number of anilines is 2. The van der Waals surface area contributed by atoms with Crippen LogP contribution in [0.4, 0.5) is 11.6 Å². The first-order valence-electron chi connectivity index (χ1n) is 7.34. The average Bonchev–Trinajstić information content (AvgIpc) is 2.38. The van der Waals surface area contributed by atoms with Crippen LogP contribution >= 0.6 is 0 Å². The Hall–Kier alpha value is -1.32. The van der Waals surface area contributed by atoms with Crippen LogP contribution in [0.3, 0.4) is 0 Å². The fourth-order valence-corrected chi connectivity index (χ4v) is 2.51. The van der Waals surface area contributed by atoms with E-state index in [1.165, 1.54) is 18.4 Å². The Labute approximate surface area is 116 Å². The van der Waals surface area contributed by atoms with Gasteiger partial charge >= 0.3 is 0 Å². The highest BCUT2D eigenvalue weighted by Crippen LogP contribution is 2.33. The zero-order chi connectivity index (χ0) is 13.9. The number of aromatic nitrogens is 2. The predicted molar refractivity (Wildman–Crippen MR) is 80.8 cm³/mol. The van der Waals surface area contributed by atoms with Gasteiger partial charge in [0.1, 0.15) is 18.0 Å². The fraction of sp³-hybridized carbons (Fsp3) is 0.733. The van der Waals surface area contributed by atoms with Crippen molar-refractivity contribution in [2.45, 2.75) is 47.0 Å². The summed E-state index contributed by atoms with van der Waals surface area (Å²) in [6.07, 6.45) is 5.25. The van der Waals surface area contributed by atoms with E-state index in [-0.39, 0.29) is 0 Å². The van der Waals surface area contributed by atoms with E-state index in [4.69, 9.17) is 0 Å². The molecule has 1 aliphatic heterocycles. The zero-order valence-electron chi connectivity index (χ0n) is 12.7. The normalized spacial score (nSPS) is 18.4. The van der Waals surface area contributed by atoms with E-state index in [0.717, 1.165) is 37.7 Å². The summed E-state index contributed by atoms with van der Waals surface area (Å²) in [6, 6.07) is 0. The number of nitrogens with one attached hydrogen (secondary N) is 1. The second-order valence-corrected chi connectivity index (χ2v) is 6.25. The first-order chi connectivity index (χ1) is 9.03. The van der Waals surface area contributed by atoms with Crippen molar-refractivity contribution in [2.75, 3.05) is 29.9 Å². The Balaban J connectivity index is 2.12. The molecule has 2 heterocycles. The number of hydrogen-bond donors (Lipinski definition) is 1. The van der Waals surface area contributed by atoms with Crippen molar-refractivity contribution >= 4 is 11.6 Å². The molecule has 4 heteroatoms. The molecule has 1 aromatic heterocycles. The molecule has 2 rings (SSSR count). The highest BCUT2D eigenvalue weighted by Gasteiger charge is 2.27. The van der Waals surface area contributed by atoms with Crippen molar-refractivity contribution < 1.29 is 0 Å². The first-order valence-corrected chi connectivity index (χ1v) is 7.34. The second-order valence-electron chi connectivity index (χ2n) is 6.25. The standard InChI is InChI=1S/C15H26N4/c1-5-8-16-13-12(2)14(18-11-17-13)19-9-6-15(3,4)7-10-19/h11H,5-10H2,1-4H3,(H,16,17,18). The van der Waals surface area contributed by atoms with E-state index in [1.807, 2.05) is 0 Å². The molecule has 0 aromatic carbocycles. The molecule has 0 radical (unpaired) electrons. The smallest absolute Gasteiger partial charge is 0.137 e. The number of rotatable bonds is 4. The van der Waals surface area contributed by atoms with Crippen molar-refractivity contribution in [3.05, 3.63) is 11.9 Å². The summed E-state index contributed by atoms with van der Waals surface area (Å²) < 4.78 is 0. The van der Waals surface area contributed by atoms with Crippen LogP contribution in [0.25, 0.3) is 0 Å². The van der Waals surface area contributed by atoms with Gasteiger partial charge in [-0.25, -0.2) is 9.97 Å². The minimum atomic E-state index is 0.473. The molecule has 0 saturated carbocycles. The van der Waals surface area contributed by atoms with Gasteiger partial charge in [-0.05, 0) is 31.6 Å². The van der Waals surface area contributed by atoms with Gasteiger partial charge in [0.05, 0.1) is 0 Å². The molecular weight excluding hydrogens is 236 g/mol. The Bertz CT molecular complexity index is 418. The average molecular weight is 262 g/mol. The lowest BCUT2D eigenvalue weighted by Gasteiger charge is -2.38. The van der Waals surface area contributed by atoms with Gasteiger partial charge in [0.15, 0.2) is 0 Å². The largest absolute Gasteiger partial charge is 0.370 e. The third-order valence-corrected chi connectivity index (χ3v) is 4.02. The van der Waals surface area contributed by atoms with E-state index in [0.29, 0.717) is 5.41 Å². The van der Waals surface area contributed by atoms with Gasteiger partial charge in [-0.3, -0.25) is 0 Å². The van der Waals surface area contributed by atoms with Gasteiger partial charge in [-0.1, -0.05) is 20.8 Å². The van der Waals surface area contributed by atoms with Gasteiger partial charge in [-0.15, -0.1) is 0 Å². The van der Waals surface area contributed by atoms with Crippen LogP contribution in [0.5, 0.6) is 0 Å². The summed E-state index contributed by atoms with van der Waals surface area (Å²) in [5.74, 6) is 2.08. The predicted octanol–water partition coefficient (Wildman–Crippen LogP) is 3.23. The summed E-state index contributed by atoms with van der Waals surface area (Å²) in [7, 11) is 0. The van der Waals surface area contributed by atoms with Crippen LogP contribution in [0.1, 0.15) is 45.6 Å². The fourth-order valence-electron chi connectivity index (χ4n) is 2.51. The van der Waals surface area contributed by atoms with Crippen molar-refractivity contribution in [1.29, 1.82) is 0 Å². The van der Waals surface area contributed by atoms with E-state index in [1.54, 1.807) is 6.33 Å². The summed E-state index contributed by atoms with van der Waals surface area (Å²) in [5, 5.41) is 3.38. The first kappa shape index (κ1) is 14.1. The summed E-state index contributed by atoms with van der Waals surface area (Å²) in [6.45, 7) is 12.1. The van der Waals surface area contributed by atoms with Gasteiger partial charge in [-0.2, -0.15) is 0 Å². The van der Waals surface area contributed by atoms with Gasteiger partial charge in [0.2, 0.25) is 0 Å². The lowest BCUT2D eigenvalue weighted by atomic mass is 9.82. The SMILES string of the molecule is CCCNc1ncnc(N2CCC(C)(C)CC2)c1C. The molecule has 1 aromatic rings. The third-order valence-electron chi connectivity index (χ3n) is 4.02. The molecule has 1 saturated heterocycles. The van der Waals surface area contributed by atoms with Gasteiger partial charge < -0.3 is 10.2 Å². The van der Waals surface area contributed by atoms with Crippen LogP contribution in [-0.4, -0.2) is 29.6 Å². The van der Waals surface area contributed by atoms with Crippen LogP contribution in [0, 0.1) is 12.3 Å². The van der Waals surface area contributed by atoms with Crippen LogP contribution in [0.15, 0.2) is 6.33 Å². The quantitative estimate of drug-likeness (QED) is 0.904. The minimum absolute atomic E-state index is 0.473. The van der Waals surface area contributed by atoms with E-state index >= 15 is 0 Å². The maximum atomic E-state index is 4.49. The lowest BCUT2D eigenvalue weighted by Crippen LogP contribution is -2.38. The number of hydrogen-bond acceptors (Lipinski definition) is 4. The van der Waals surface area contributed by atoms with Crippen LogP contribution < -0.4 is 10.2 Å². The molecule has 1 fully saturated rings. The van der Waals surface area contributed by atoms with Gasteiger partial charge in [0, 0.05) is 25.2 Å². The van der Waals surface area contributed by atoms with Crippen molar-refractivity contribution in [2.24, 2.45) is 5.41 Å². The lowest BCUT2D eigenvalue weighted by molar-refractivity contribution is 0.279. The van der Waals surface area contributed by atoms with Crippen LogP contribution in [-0.2, 0) is 0 Å². The molecule has 0 atom stereocenters. The Kier molecular flexibility index (Phi) is 4.27. The molecule has 106 valence electrons. The van der Waals surface area contributed by atoms with Crippen LogP contribution in [0.2, 0.25) is 0 Å². The molecule has 19 heavy (non-hydrogen) atoms. The monoisotopic (exact) mass is 262 g/mol. The molecular formula is C15H26N4. The molecule has 0 aliphatic carbocycles. The molecule has 1 aliphatic rings. The summed E-state index contributed by atoms with van der Waals surface area (Å²) in [4.78, 5) is 11.2. The third kappa shape index (κ3) is 3.37. The molecule has 0 spiro atoms. The molecule has 4 nitrogen and oxygen atoms in total. The highest BCUT2D eigenvalue weighted by molar-refractivity contribution is 5.58. The Morgan fingerprint density at radius 1 is 1.26 bits per heavy atom. The second kappa shape index (κ2) is 5.76. The summed E-state index contributed by atoms with van der Waals surface area (Å²) >= 11 is 0. The Morgan fingerprint density at radius 2 is 1.95 bits per heavy atom. The molecule has 0 unspecified atom stereocenters. The summed E-state index contributed by atoms with van der Waals surface area (Å²) in [5.41, 5.74) is 1.65. The topological polar surface area (TPSA) is 41.1 Å². The van der Waals surface area contributed by atoms with Crippen molar-refractivity contribution in [1.82, 2.24) is 9.97 Å². The minimum Gasteiger partial charge on any atom is -0.370 e. The Morgan fingerprint density at radius 3 is 2.58 bits per heavy atom.